The van der Waals surface area contributed by atoms with Gasteiger partial charge in [-0.25, -0.2) is 0 Å². The lowest BCUT2D eigenvalue weighted by molar-refractivity contribution is -0.0520. The van der Waals surface area contributed by atoms with Gasteiger partial charge in [0.15, 0.2) is 17.5 Å². The predicted molar refractivity (Wildman–Crippen MR) is 116 cm³/mol. The second kappa shape index (κ2) is 11.1. The second-order valence-corrected chi connectivity index (χ2v) is 7.80. The van der Waals surface area contributed by atoms with Crippen LogP contribution in [-0.4, -0.2) is 50.8 Å². The first kappa shape index (κ1) is 22.3. The van der Waals surface area contributed by atoms with E-state index in [0.29, 0.717) is 23.9 Å². The van der Waals surface area contributed by atoms with Gasteiger partial charge in [-0.05, 0) is 36.4 Å². The molecule has 0 unspecified atom stereocenters. The first-order chi connectivity index (χ1) is 14.6. The van der Waals surface area contributed by atoms with Gasteiger partial charge in [-0.15, -0.1) is 11.3 Å². The van der Waals surface area contributed by atoms with Crippen LogP contribution >= 0.6 is 11.3 Å². The van der Waals surface area contributed by atoms with E-state index < -0.39 is 6.61 Å². The minimum absolute atomic E-state index is 0.0530. The minimum atomic E-state index is -2.92. The normalized spacial score (nSPS) is 14.5. The van der Waals surface area contributed by atoms with Crippen molar-refractivity contribution >= 4 is 17.3 Å². The van der Waals surface area contributed by atoms with Gasteiger partial charge in [0.1, 0.15) is 0 Å². The number of halogens is 2. The third kappa shape index (κ3) is 6.06. The molecule has 0 saturated heterocycles. The number of fused-ring (bicyclic) bond motifs is 1. The number of alkyl halides is 2. The lowest BCUT2D eigenvalue weighted by Crippen LogP contribution is -2.42. The topological polar surface area (TPSA) is 58.1 Å². The van der Waals surface area contributed by atoms with Crippen molar-refractivity contribution in [3.05, 3.63) is 45.6 Å². The molecule has 1 aromatic heterocycles. The highest BCUT2D eigenvalue weighted by molar-refractivity contribution is 7.10. The molecular formula is C21H28F2N4O2S. The Kier molecular flexibility index (Phi) is 8.27. The van der Waals surface area contributed by atoms with Crippen LogP contribution in [0.25, 0.3) is 0 Å². The zero-order valence-electron chi connectivity index (χ0n) is 17.3. The lowest BCUT2D eigenvalue weighted by Gasteiger charge is -2.27. The van der Waals surface area contributed by atoms with Crippen LogP contribution in [0.1, 0.15) is 22.9 Å². The summed E-state index contributed by atoms with van der Waals surface area (Å²) in [6.45, 7) is 3.19. The maximum absolute atomic E-state index is 12.9. The number of benzene rings is 1. The molecule has 164 valence electrons. The molecule has 0 spiro atoms. The van der Waals surface area contributed by atoms with Gasteiger partial charge in [0.2, 0.25) is 0 Å². The molecule has 0 bridgehead atoms. The third-order valence-electron chi connectivity index (χ3n) is 4.84. The summed E-state index contributed by atoms with van der Waals surface area (Å²) in [5.74, 6) is 0.961. The van der Waals surface area contributed by atoms with Crippen LogP contribution in [-0.2, 0) is 19.5 Å². The van der Waals surface area contributed by atoms with Crippen LogP contribution in [0.3, 0.4) is 0 Å². The Morgan fingerprint density at radius 1 is 1.30 bits per heavy atom. The smallest absolute Gasteiger partial charge is 0.387 e. The summed E-state index contributed by atoms with van der Waals surface area (Å²) in [5, 5.41) is 8.60. The molecule has 30 heavy (non-hydrogen) atoms. The highest BCUT2D eigenvalue weighted by Crippen LogP contribution is 2.32. The molecule has 0 fully saturated rings. The summed E-state index contributed by atoms with van der Waals surface area (Å²) in [6.07, 6.45) is 1.10. The number of hydrogen-bond acceptors (Lipinski definition) is 5. The van der Waals surface area contributed by atoms with Gasteiger partial charge in [0, 0.05) is 50.2 Å². The SMILES string of the molecule is CCOc1cccc(CNC(=NC)NCCN2CCc3sccc3C2)c1OC(F)F. The third-order valence-corrected chi connectivity index (χ3v) is 5.87. The zero-order chi connectivity index (χ0) is 21.3. The Labute approximate surface area is 179 Å². The number of hydrogen-bond donors (Lipinski definition) is 2. The highest BCUT2D eigenvalue weighted by atomic mass is 32.1. The van der Waals surface area contributed by atoms with Crippen LogP contribution in [0.5, 0.6) is 11.5 Å². The summed E-state index contributed by atoms with van der Waals surface area (Å²) >= 11 is 1.84. The van der Waals surface area contributed by atoms with Gasteiger partial charge in [-0.3, -0.25) is 9.89 Å². The fourth-order valence-corrected chi connectivity index (χ4v) is 4.31. The monoisotopic (exact) mass is 438 g/mol. The van der Waals surface area contributed by atoms with Gasteiger partial charge < -0.3 is 20.1 Å². The van der Waals surface area contributed by atoms with E-state index in [-0.39, 0.29) is 12.3 Å². The van der Waals surface area contributed by atoms with Crippen molar-refractivity contribution in [2.45, 2.75) is 33.0 Å². The number of ether oxygens (including phenoxy) is 2. The summed E-state index contributed by atoms with van der Waals surface area (Å²) in [6, 6.07) is 7.31. The number of thiophene rings is 1. The zero-order valence-corrected chi connectivity index (χ0v) is 18.1. The average molecular weight is 439 g/mol. The average Bonchev–Trinajstić information content (AvgIpc) is 3.20. The number of rotatable bonds is 9. The molecule has 9 heteroatoms. The molecule has 1 aliphatic rings. The largest absolute Gasteiger partial charge is 0.490 e. The van der Waals surface area contributed by atoms with E-state index in [1.54, 1.807) is 32.2 Å². The molecule has 0 saturated carbocycles. The van der Waals surface area contributed by atoms with Crippen molar-refractivity contribution in [3.8, 4) is 11.5 Å². The molecule has 3 rings (SSSR count). The number of nitrogens with zero attached hydrogens (tertiary/aromatic N) is 2. The number of para-hydroxylation sites is 1. The fraction of sp³-hybridized carbons (Fsp3) is 0.476. The van der Waals surface area contributed by atoms with E-state index in [2.05, 4.69) is 32.0 Å². The first-order valence-corrected chi connectivity index (χ1v) is 10.9. The summed E-state index contributed by atoms with van der Waals surface area (Å²) in [5.41, 5.74) is 2.00. The van der Waals surface area contributed by atoms with Gasteiger partial charge >= 0.3 is 6.61 Å². The molecular weight excluding hydrogens is 410 g/mol. The summed E-state index contributed by atoms with van der Waals surface area (Å²) < 4.78 is 35.9. The van der Waals surface area contributed by atoms with Crippen LogP contribution in [0.2, 0.25) is 0 Å². The molecule has 1 aromatic carbocycles. The Morgan fingerprint density at radius 2 is 2.17 bits per heavy atom. The Morgan fingerprint density at radius 3 is 2.93 bits per heavy atom. The first-order valence-electron chi connectivity index (χ1n) is 10.0. The van der Waals surface area contributed by atoms with Crippen molar-refractivity contribution in [3.63, 3.8) is 0 Å². The Balaban J connectivity index is 1.51. The van der Waals surface area contributed by atoms with E-state index in [4.69, 9.17) is 9.47 Å². The van der Waals surface area contributed by atoms with Crippen LogP contribution in [0.4, 0.5) is 8.78 Å². The van der Waals surface area contributed by atoms with Gasteiger partial charge in [-0.2, -0.15) is 8.78 Å². The molecule has 2 aromatic rings. The minimum Gasteiger partial charge on any atom is -0.490 e. The van der Waals surface area contributed by atoms with Crippen molar-refractivity contribution in [1.82, 2.24) is 15.5 Å². The number of aliphatic imine (C=N–C) groups is 1. The van der Waals surface area contributed by atoms with E-state index in [1.165, 1.54) is 10.4 Å². The molecule has 2 heterocycles. The molecule has 0 radical (unpaired) electrons. The predicted octanol–water partition coefficient (Wildman–Crippen LogP) is 3.47. The van der Waals surface area contributed by atoms with Crippen molar-refractivity contribution in [1.29, 1.82) is 0 Å². The Hall–Kier alpha value is -2.39. The van der Waals surface area contributed by atoms with Gasteiger partial charge in [-0.1, -0.05) is 12.1 Å². The standard InChI is InChI=1S/C21H28F2N4O2S/c1-3-28-17-6-4-5-15(19(17)29-20(22)23)13-26-21(24-2)25-9-11-27-10-7-18-16(14-27)8-12-30-18/h4-6,8,12,20H,3,7,9-11,13-14H2,1-2H3,(H2,24,25,26). The fourth-order valence-electron chi connectivity index (χ4n) is 3.42. The maximum atomic E-state index is 12.9. The maximum Gasteiger partial charge on any atom is 0.387 e. The van der Waals surface area contributed by atoms with E-state index in [0.717, 1.165) is 32.6 Å². The highest BCUT2D eigenvalue weighted by Gasteiger charge is 2.17. The second-order valence-electron chi connectivity index (χ2n) is 6.80. The number of nitrogens with one attached hydrogen (secondary N) is 2. The molecule has 2 N–H and O–H groups in total. The molecule has 0 amide bonds. The van der Waals surface area contributed by atoms with E-state index >= 15 is 0 Å². The van der Waals surface area contributed by atoms with Crippen LogP contribution in [0.15, 0.2) is 34.6 Å². The molecule has 6 nitrogen and oxygen atoms in total. The molecule has 0 aliphatic carbocycles. The van der Waals surface area contributed by atoms with E-state index in [1.807, 2.05) is 11.3 Å². The lowest BCUT2D eigenvalue weighted by atomic mass is 10.1. The van der Waals surface area contributed by atoms with Crippen molar-refractivity contribution < 1.29 is 18.3 Å². The Bertz CT molecular complexity index is 844. The van der Waals surface area contributed by atoms with Crippen molar-refractivity contribution in [2.24, 2.45) is 4.99 Å². The molecule has 0 atom stereocenters. The van der Waals surface area contributed by atoms with Gasteiger partial charge in [0.25, 0.3) is 0 Å². The van der Waals surface area contributed by atoms with Crippen molar-refractivity contribution in [2.75, 3.05) is 33.3 Å². The number of guanidine groups is 1. The quantitative estimate of drug-likeness (QED) is 0.464. The molecule has 1 aliphatic heterocycles. The van der Waals surface area contributed by atoms with Gasteiger partial charge in [0.05, 0.1) is 6.61 Å². The van der Waals surface area contributed by atoms with E-state index in [9.17, 15) is 8.78 Å². The van der Waals surface area contributed by atoms with Crippen LogP contribution < -0.4 is 20.1 Å². The summed E-state index contributed by atoms with van der Waals surface area (Å²) in [7, 11) is 1.68. The van der Waals surface area contributed by atoms with Crippen LogP contribution in [0, 0.1) is 0 Å². The summed E-state index contributed by atoms with van der Waals surface area (Å²) in [4.78, 5) is 8.13.